The monoisotopic (exact) mass is 616 g/mol. The minimum Gasteiger partial charge on any atom is -0.457 e. The van der Waals surface area contributed by atoms with Crippen molar-refractivity contribution in [3.8, 4) is 11.5 Å². The molecule has 2 bridgehead atoms. The number of hydrogen-bond acceptors (Lipinski definition) is 7. The largest absolute Gasteiger partial charge is 0.457 e. The van der Waals surface area contributed by atoms with Gasteiger partial charge >= 0.3 is 11.9 Å². The summed E-state index contributed by atoms with van der Waals surface area (Å²) < 4.78 is 11.3. The van der Waals surface area contributed by atoms with Gasteiger partial charge in [0.15, 0.2) is 5.12 Å². The highest BCUT2D eigenvalue weighted by Crippen LogP contribution is 2.74. The summed E-state index contributed by atoms with van der Waals surface area (Å²) in [7, 11) is 0. The molecule has 5 nitrogen and oxygen atoms in total. The Morgan fingerprint density at radius 3 is 2.30 bits per heavy atom. The molecule has 3 saturated carbocycles. The molecule has 6 unspecified atom stereocenters. The lowest BCUT2D eigenvalue weighted by Crippen LogP contribution is -2.64. The first-order valence-electron chi connectivity index (χ1n) is 15.7. The van der Waals surface area contributed by atoms with Crippen LogP contribution in [0.1, 0.15) is 66.2 Å². The fourth-order valence-corrected chi connectivity index (χ4v) is 11.3. The number of thiol groups is 1. The second-order valence-electron chi connectivity index (χ2n) is 14.4. The molecule has 1 aliphatic heterocycles. The van der Waals surface area contributed by atoms with Gasteiger partial charge in [-0.1, -0.05) is 57.5 Å². The topological polar surface area (TPSA) is 69.7 Å². The molecule has 4 fully saturated rings. The van der Waals surface area contributed by atoms with Gasteiger partial charge in [0.2, 0.25) is 0 Å². The lowest BCUT2D eigenvalue weighted by atomic mass is 9.35. The maximum atomic E-state index is 14.2. The van der Waals surface area contributed by atoms with Crippen LogP contribution in [0, 0.1) is 51.8 Å². The first-order chi connectivity index (χ1) is 20.5. The third kappa shape index (κ3) is 4.39. The van der Waals surface area contributed by atoms with Crippen molar-refractivity contribution in [3.63, 3.8) is 0 Å². The Hall–Kier alpha value is -2.51. The number of rotatable bonds is 5. The quantitative estimate of drug-likeness (QED) is 0.119. The molecule has 5 aliphatic carbocycles. The Labute approximate surface area is 264 Å². The van der Waals surface area contributed by atoms with Gasteiger partial charge in [-0.2, -0.15) is 0 Å². The predicted molar refractivity (Wildman–Crippen MR) is 169 cm³/mol. The van der Waals surface area contributed by atoms with E-state index in [4.69, 9.17) is 9.47 Å². The SMILES string of the molecule is CC(C)C1=CC23CCC4[C@](C)(CCC[C@@]4(C)C(=O)Sc4ccc(Oc5ccc(S)cc5)cc4)C2CC1C1C(=O)OC(=O)C13. The van der Waals surface area contributed by atoms with E-state index in [9.17, 15) is 14.4 Å². The fraction of sp³-hybridized carbons (Fsp3) is 0.528. The molecule has 8 rings (SSSR count). The molecule has 0 N–H and O–H groups in total. The van der Waals surface area contributed by atoms with E-state index >= 15 is 0 Å². The Balaban J connectivity index is 1.14. The van der Waals surface area contributed by atoms with Crippen LogP contribution in [-0.4, -0.2) is 17.1 Å². The first kappa shape index (κ1) is 29.2. The normalized spacial score (nSPS) is 37.7. The lowest BCUT2D eigenvalue weighted by molar-refractivity contribution is -0.183. The Bertz CT molecular complexity index is 1510. The van der Waals surface area contributed by atoms with Crippen molar-refractivity contribution in [1.29, 1.82) is 0 Å². The van der Waals surface area contributed by atoms with E-state index in [1.165, 1.54) is 17.3 Å². The number of esters is 2. The van der Waals surface area contributed by atoms with Crippen molar-refractivity contribution in [1.82, 2.24) is 0 Å². The van der Waals surface area contributed by atoms with E-state index in [0.717, 1.165) is 59.8 Å². The molecule has 0 aromatic heterocycles. The molecule has 0 radical (unpaired) electrons. The number of cyclic esters (lactones) is 2. The predicted octanol–water partition coefficient (Wildman–Crippen LogP) is 8.53. The summed E-state index contributed by atoms with van der Waals surface area (Å²) in [5.41, 5.74) is 0.430. The van der Waals surface area contributed by atoms with Crippen LogP contribution in [0.15, 0.2) is 70.0 Å². The number of hydrogen-bond donors (Lipinski definition) is 1. The molecule has 8 atom stereocenters. The molecule has 7 heteroatoms. The van der Waals surface area contributed by atoms with Crippen LogP contribution in [0.5, 0.6) is 11.5 Å². The molecule has 226 valence electrons. The summed E-state index contributed by atoms with van der Waals surface area (Å²) in [5, 5.41) is 0.227. The number of ether oxygens (including phenoxy) is 2. The zero-order valence-electron chi connectivity index (χ0n) is 25.3. The molecule has 1 saturated heterocycles. The minimum absolute atomic E-state index is 0.0567. The van der Waals surface area contributed by atoms with Gasteiger partial charge in [0.05, 0.1) is 11.8 Å². The number of allylic oxidation sites excluding steroid dienone is 2. The van der Waals surface area contributed by atoms with Gasteiger partial charge in [0.25, 0.3) is 0 Å². The summed E-state index contributed by atoms with van der Waals surface area (Å²) in [6, 6.07) is 15.3. The number of fused-ring (bicyclic) bond motifs is 1. The van der Waals surface area contributed by atoms with Crippen LogP contribution in [0.3, 0.4) is 0 Å². The van der Waals surface area contributed by atoms with E-state index in [1.54, 1.807) is 0 Å². The van der Waals surface area contributed by atoms with Crippen molar-refractivity contribution in [2.75, 3.05) is 0 Å². The number of benzene rings is 2. The summed E-state index contributed by atoms with van der Waals surface area (Å²) in [4.78, 5) is 42.2. The van der Waals surface area contributed by atoms with E-state index in [-0.39, 0.29) is 57.5 Å². The van der Waals surface area contributed by atoms with Gasteiger partial charge < -0.3 is 9.47 Å². The van der Waals surface area contributed by atoms with Crippen LogP contribution in [0.2, 0.25) is 0 Å². The molecule has 1 spiro atoms. The smallest absolute Gasteiger partial charge is 0.318 e. The second kappa shape index (κ2) is 10.3. The van der Waals surface area contributed by atoms with Gasteiger partial charge in [-0.3, -0.25) is 14.4 Å². The number of thioether (sulfide) groups is 1. The van der Waals surface area contributed by atoms with Gasteiger partial charge in [0.1, 0.15) is 11.5 Å². The maximum absolute atomic E-state index is 14.2. The molecule has 6 aliphatic rings. The highest BCUT2D eigenvalue weighted by molar-refractivity contribution is 8.13. The molecule has 0 amide bonds. The van der Waals surface area contributed by atoms with Crippen molar-refractivity contribution in [2.24, 2.45) is 51.8 Å². The molecule has 1 heterocycles. The number of carbonyl (C=O) groups is 3. The molecule has 2 aromatic carbocycles. The van der Waals surface area contributed by atoms with Crippen molar-refractivity contribution in [3.05, 3.63) is 60.2 Å². The highest BCUT2D eigenvalue weighted by Gasteiger charge is 2.73. The first-order valence-corrected chi connectivity index (χ1v) is 17.0. The van der Waals surface area contributed by atoms with Crippen LogP contribution in [0.4, 0.5) is 0 Å². The van der Waals surface area contributed by atoms with Crippen LogP contribution in [-0.2, 0) is 19.1 Å². The maximum Gasteiger partial charge on any atom is 0.318 e. The standard InChI is InChI=1S/C36H40O5S2/c1-20(2)26-19-36-17-14-27-34(3,28(36)18-25(26)29-30(36)32(38)41-31(29)37)15-5-16-35(27,4)33(39)43-24-12-8-22(9-13-24)40-21-6-10-23(42)11-7-21/h6-13,19-20,25,27-30,42H,5,14-18H2,1-4H3/t25?,27?,28?,29?,30?,34-,35+,36?/m0/s1. The van der Waals surface area contributed by atoms with Gasteiger partial charge in [-0.15, -0.1) is 12.6 Å². The third-order valence-corrected chi connectivity index (χ3v) is 13.4. The minimum atomic E-state index is -0.463. The third-order valence-electron chi connectivity index (χ3n) is 12.0. The average Bonchev–Trinajstić information content (AvgIpc) is 3.30. The lowest BCUT2D eigenvalue weighted by Gasteiger charge is -2.68. The Morgan fingerprint density at radius 1 is 0.953 bits per heavy atom. The number of carbonyl (C=O) groups excluding carboxylic acids is 3. The van der Waals surface area contributed by atoms with E-state index < -0.39 is 5.41 Å². The van der Waals surface area contributed by atoms with Crippen LogP contribution < -0.4 is 4.74 Å². The average molecular weight is 617 g/mol. The van der Waals surface area contributed by atoms with Gasteiger partial charge in [0, 0.05) is 20.6 Å². The highest BCUT2D eigenvalue weighted by atomic mass is 32.2. The summed E-state index contributed by atoms with van der Waals surface area (Å²) in [6.45, 7) is 8.99. The molecular weight excluding hydrogens is 577 g/mol. The molecule has 2 aromatic rings. The van der Waals surface area contributed by atoms with Gasteiger partial charge in [-0.05, 0) is 110 Å². The summed E-state index contributed by atoms with van der Waals surface area (Å²) >= 11 is 5.68. The van der Waals surface area contributed by atoms with Crippen molar-refractivity contribution >= 4 is 41.4 Å². The zero-order valence-corrected chi connectivity index (χ0v) is 27.0. The van der Waals surface area contributed by atoms with Gasteiger partial charge in [-0.25, -0.2) is 0 Å². The summed E-state index contributed by atoms with van der Waals surface area (Å²) in [5.74, 6) is 0.990. The molecule has 43 heavy (non-hydrogen) atoms. The molecular formula is C36H40O5S2. The Morgan fingerprint density at radius 2 is 1.63 bits per heavy atom. The van der Waals surface area contributed by atoms with Crippen molar-refractivity contribution in [2.45, 2.75) is 76.0 Å². The summed E-state index contributed by atoms with van der Waals surface area (Å²) in [6.07, 6.45) is 7.97. The van der Waals surface area contributed by atoms with E-state index in [2.05, 4.69) is 46.4 Å². The van der Waals surface area contributed by atoms with Crippen molar-refractivity contribution < 1.29 is 23.9 Å². The zero-order chi connectivity index (χ0) is 30.3. The van der Waals surface area contributed by atoms with E-state index in [1.807, 2.05) is 48.5 Å². The van der Waals surface area contributed by atoms with E-state index in [0.29, 0.717) is 5.92 Å². The van der Waals surface area contributed by atoms with Crippen LogP contribution >= 0.6 is 24.4 Å². The van der Waals surface area contributed by atoms with Crippen LogP contribution in [0.25, 0.3) is 0 Å². The fourth-order valence-electron chi connectivity index (χ4n) is 10.2. The Kier molecular flexibility index (Phi) is 6.97. The second-order valence-corrected chi connectivity index (χ2v) is 15.9.